The maximum atomic E-state index is 10.9. The number of nitrogens with zero attached hydrogens (tertiary/aromatic N) is 1. The monoisotopic (exact) mass is 286 g/mol. The van der Waals surface area contributed by atoms with Gasteiger partial charge < -0.3 is 10.4 Å². The Kier molecular flexibility index (Phi) is 4.12. The maximum Gasteiger partial charge on any atom is 0.271 e. The van der Waals surface area contributed by atoms with Crippen LogP contribution in [0.5, 0.6) is 5.75 Å². The summed E-state index contributed by atoms with van der Waals surface area (Å²) in [6, 6.07) is 9.94. The molecule has 21 heavy (non-hydrogen) atoms. The average Bonchev–Trinajstić information content (AvgIpc) is 2.43. The van der Waals surface area contributed by atoms with Crippen molar-refractivity contribution in [2.45, 2.75) is 26.8 Å². The van der Waals surface area contributed by atoms with Crippen molar-refractivity contribution in [1.29, 1.82) is 0 Å². The summed E-state index contributed by atoms with van der Waals surface area (Å²) in [6.45, 7) is 5.75. The summed E-state index contributed by atoms with van der Waals surface area (Å²) in [4.78, 5) is 10.4. The first-order valence-electron chi connectivity index (χ1n) is 6.69. The lowest BCUT2D eigenvalue weighted by Gasteiger charge is -2.18. The Hall–Kier alpha value is -2.56. The molecule has 0 bridgehead atoms. The van der Waals surface area contributed by atoms with Gasteiger partial charge in [-0.15, -0.1) is 0 Å². The Balaban J connectivity index is 2.31. The predicted molar refractivity (Wildman–Crippen MR) is 82.7 cm³/mol. The highest BCUT2D eigenvalue weighted by Crippen LogP contribution is 2.30. The normalized spacial score (nSPS) is 12.0. The van der Waals surface area contributed by atoms with Crippen LogP contribution in [0.1, 0.15) is 29.7 Å². The lowest BCUT2D eigenvalue weighted by molar-refractivity contribution is -0.384. The van der Waals surface area contributed by atoms with Crippen molar-refractivity contribution in [2.75, 3.05) is 5.32 Å². The van der Waals surface area contributed by atoms with E-state index in [-0.39, 0.29) is 17.5 Å². The van der Waals surface area contributed by atoms with Crippen LogP contribution in [0.2, 0.25) is 0 Å². The van der Waals surface area contributed by atoms with Crippen LogP contribution in [-0.4, -0.2) is 10.0 Å². The van der Waals surface area contributed by atoms with Crippen molar-refractivity contribution >= 4 is 11.4 Å². The van der Waals surface area contributed by atoms with Gasteiger partial charge in [0.25, 0.3) is 5.69 Å². The number of non-ortho nitro benzene ring substituents is 1. The van der Waals surface area contributed by atoms with E-state index in [1.807, 2.05) is 32.9 Å². The van der Waals surface area contributed by atoms with Crippen LogP contribution in [0, 0.1) is 24.0 Å². The van der Waals surface area contributed by atoms with E-state index in [0.717, 1.165) is 16.7 Å². The van der Waals surface area contributed by atoms with Crippen LogP contribution < -0.4 is 5.32 Å². The lowest BCUT2D eigenvalue weighted by atomic mass is 10.0. The highest BCUT2D eigenvalue weighted by atomic mass is 16.6. The molecule has 5 heteroatoms. The summed E-state index contributed by atoms with van der Waals surface area (Å²) in [5, 5.41) is 24.0. The average molecular weight is 286 g/mol. The summed E-state index contributed by atoms with van der Waals surface area (Å²) in [5.74, 6) is 0.212. The summed E-state index contributed by atoms with van der Waals surface area (Å²) in [7, 11) is 0. The molecule has 0 aliphatic heterocycles. The number of aromatic hydroxyl groups is 1. The molecular weight excluding hydrogens is 268 g/mol. The second-order valence-electron chi connectivity index (χ2n) is 5.18. The second kappa shape index (κ2) is 5.83. The van der Waals surface area contributed by atoms with Gasteiger partial charge in [0.05, 0.1) is 11.0 Å². The van der Waals surface area contributed by atoms with Gasteiger partial charge in [0.1, 0.15) is 5.75 Å². The number of nitrogens with one attached hydrogen (secondary N) is 1. The molecular formula is C16H18N2O3. The minimum absolute atomic E-state index is 0.0452. The summed E-state index contributed by atoms with van der Waals surface area (Å²) >= 11 is 0. The van der Waals surface area contributed by atoms with E-state index >= 15 is 0 Å². The number of rotatable bonds is 4. The van der Waals surface area contributed by atoms with Crippen LogP contribution in [0.3, 0.4) is 0 Å². The molecule has 5 nitrogen and oxygen atoms in total. The first-order chi connectivity index (χ1) is 9.88. The molecule has 0 aliphatic carbocycles. The molecule has 0 aliphatic rings. The standard InChI is InChI=1S/C16H18N2O3/c1-10-4-7-16(19)14(8-10)12(3)17-15-9-13(18(20)21)6-5-11(15)2/h4-9,12,17,19H,1-3H3. The number of benzene rings is 2. The molecule has 0 saturated carbocycles. The Bertz CT molecular complexity index is 683. The quantitative estimate of drug-likeness (QED) is 0.655. The first kappa shape index (κ1) is 14.8. The molecule has 2 N–H and O–H groups in total. The SMILES string of the molecule is Cc1ccc(O)c(C(C)Nc2cc([N+](=O)[O-])ccc2C)c1. The Morgan fingerprint density at radius 1 is 1.19 bits per heavy atom. The van der Waals surface area contributed by atoms with Crippen LogP contribution in [0.4, 0.5) is 11.4 Å². The van der Waals surface area contributed by atoms with E-state index < -0.39 is 4.92 Å². The lowest BCUT2D eigenvalue weighted by Crippen LogP contribution is -2.08. The molecule has 0 fully saturated rings. The number of hydrogen-bond donors (Lipinski definition) is 2. The molecule has 0 amide bonds. The summed E-state index contributed by atoms with van der Waals surface area (Å²) in [6.07, 6.45) is 0. The minimum Gasteiger partial charge on any atom is -0.508 e. The topological polar surface area (TPSA) is 75.4 Å². The Morgan fingerprint density at radius 3 is 2.57 bits per heavy atom. The van der Waals surface area contributed by atoms with Gasteiger partial charge in [-0.25, -0.2) is 0 Å². The maximum absolute atomic E-state index is 10.9. The van der Waals surface area contributed by atoms with Gasteiger partial charge in [0.15, 0.2) is 0 Å². The first-order valence-corrected chi connectivity index (χ1v) is 6.69. The fourth-order valence-corrected chi connectivity index (χ4v) is 2.21. The third-order valence-corrected chi connectivity index (χ3v) is 3.45. The second-order valence-corrected chi connectivity index (χ2v) is 5.18. The van der Waals surface area contributed by atoms with Gasteiger partial charge in [-0.1, -0.05) is 23.8 Å². The van der Waals surface area contributed by atoms with E-state index in [9.17, 15) is 15.2 Å². The smallest absolute Gasteiger partial charge is 0.271 e. The fraction of sp³-hybridized carbons (Fsp3) is 0.250. The molecule has 0 radical (unpaired) electrons. The molecule has 0 spiro atoms. The summed E-state index contributed by atoms with van der Waals surface area (Å²) < 4.78 is 0. The third-order valence-electron chi connectivity index (χ3n) is 3.45. The van der Waals surface area contributed by atoms with E-state index in [0.29, 0.717) is 5.69 Å². The zero-order valence-electron chi connectivity index (χ0n) is 12.3. The molecule has 0 aromatic heterocycles. The molecule has 2 rings (SSSR count). The molecule has 1 atom stereocenters. The number of anilines is 1. The third kappa shape index (κ3) is 3.31. The van der Waals surface area contributed by atoms with Crippen LogP contribution in [0.25, 0.3) is 0 Å². The zero-order chi connectivity index (χ0) is 15.6. The van der Waals surface area contributed by atoms with Gasteiger partial charge in [-0.3, -0.25) is 10.1 Å². The van der Waals surface area contributed by atoms with E-state index in [1.54, 1.807) is 12.1 Å². The van der Waals surface area contributed by atoms with Gasteiger partial charge >= 0.3 is 0 Å². The van der Waals surface area contributed by atoms with Gasteiger partial charge in [0, 0.05) is 23.4 Å². The number of nitro benzene ring substituents is 1. The number of phenolic OH excluding ortho intramolecular Hbond substituents is 1. The van der Waals surface area contributed by atoms with Gasteiger partial charge in [-0.05, 0) is 32.4 Å². The Labute approximate surface area is 123 Å². The van der Waals surface area contributed by atoms with E-state index in [4.69, 9.17) is 0 Å². The minimum atomic E-state index is -0.417. The number of hydrogen-bond acceptors (Lipinski definition) is 4. The van der Waals surface area contributed by atoms with E-state index in [2.05, 4.69) is 5.32 Å². The summed E-state index contributed by atoms with van der Waals surface area (Å²) in [5.41, 5.74) is 3.47. The van der Waals surface area contributed by atoms with Crippen LogP contribution >= 0.6 is 0 Å². The Morgan fingerprint density at radius 2 is 1.90 bits per heavy atom. The van der Waals surface area contributed by atoms with Crippen LogP contribution in [-0.2, 0) is 0 Å². The highest BCUT2D eigenvalue weighted by molar-refractivity contribution is 5.58. The van der Waals surface area contributed by atoms with Crippen molar-refractivity contribution < 1.29 is 10.0 Å². The molecule has 2 aromatic rings. The highest BCUT2D eigenvalue weighted by Gasteiger charge is 2.14. The number of aryl methyl sites for hydroxylation is 2. The van der Waals surface area contributed by atoms with Crippen molar-refractivity contribution in [3.8, 4) is 5.75 Å². The predicted octanol–water partition coefficient (Wildman–Crippen LogP) is 4.09. The van der Waals surface area contributed by atoms with Gasteiger partial charge in [0.2, 0.25) is 0 Å². The largest absolute Gasteiger partial charge is 0.508 e. The van der Waals surface area contributed by atoms with Crippen molar-refractivity contribution in [3.05, 3.63) is 63.2 Å². The fourth-order valence-electron chi connectivity index (χ4n) is 2.21. The van der Waals surface area contributed by atoms with E-state index in [1.165, 1.54) is 12.1 Å². The molecule has 0 saturated heterocycles. The van der Waals surface area contributed by atoms with Gasteiger partial charge in [-0.2, -0.15) is 0 Å². The van der Waals surface area contributed by atoms with Crippen molar-refractivity contribution in [2.24, 2.45) is 0 Å². The van der Waals surface area contributed by atoms with Crippen LogP contribution in [0.15, 0.2) is 36.4 Å². The number of nitro groups is 1. The molecule has 1 unspecified atom stereocenters. The molecule has 2 aromatic carbocycles. The molecule has 0 heterocycles. The molecule has 110 valence electrons. The number of phenols is 1. The van der Waals surface area contributed by atoms with Crippen molar-refractivity contribution in [1.82, 2.24) is 0 Å². The van der Waals surface area contributed by atoms with Crippen molar-refractivity contribution in [3.63, 3.8) is 0 Å². The zero-order valence-corrected chi connectivity index (χ0v) is 12.3.